The second kappa shape index (κ2) is 8.30. The van der Waals surface area contributed by atoms with Crippen molar-refractivity contribution >= 4 is 11.3 Å². The normalized spacial score (nSPS) is 19.4. The van der Waals surface area contributed by atoms with Gasteiger partial charge in [-0.25, -0.2) is 0 Å². The molecule has 1 aliphatic rings. The fourth-order valence-corrected chi connectivity index (χ4v) is 4.27. The third kappa shape index (κ3) is 4.80. The predicted molar refractivity (Wildman–Crippen MR) is 94.2 cm³/mol. The SMILES string of the molecule is CCNC(CCc1ccsc1)C(C)(C)N1CCCCCC1. The van der Waals surface area contributed by atoms with Crippen LogP contribution < -0.4 is 5.32 Å². The van der Waals surface area contributed by atoms with Gasteiger partial charge in [-0.15, -0.1) is 0 Å². The van der Waals surface area contributed by atoms with Gasteiger partial charge < -0.3 is 5.32 Å². The summed E-state index contributed by atoms with van der Waals surface area (Å²) in [5.41, 5.74) is 1.74. The van der Waals surface area contributed by atoms with E-state index >= 15 is 0 Å². The third-order valence-corrected chi connectivity index (χ3v) is 5.76. The van der Waals surface area contributed by atoms with Crippen LogP contribution in [0, 0.1) is 0 Å². The minimum atomic E-state index is 0.246. The number of nitrogens with zero attached hydrogens (tertiary/aromatic N) is 1. The first-order valence-electron chi connectivity index (χ1n) is 8.64. The zero-order chi connectivity index (χ0) is 15.1. The van der Waals surface area contributed by atoms with Gasteiger partial charge in [0.05, 0.1) is 0 Å². The summed E-state index contributed by atoms with van der Waals surface area (Å²) >= 11 is 1.81. The zero-order valence-corrected chi connectivity index (χ0v) is 14.8. The van der Waals surface area contributed by atoms with Gasteiger partial charge in [-0.3, -0.25) is 4.90 Å². The quantitative estimate of drug-likeness (QED) is 0.807. The van der Waals surface area contributed by atoms with Crippen molar-refractivity contribution in [2.24, 2.45) is 0 Å². The van der Waals surface area contributed by atoms with Crippen LogP contribution in [-0.4, -0.2) is 36.1 Å². The summed E-state index contributed by atoms with van der Waals surface area (Å²) in [5, 5.41) is 8.25. The molecule has 1 aliphatic heterocycles. The van der Waals surface area contributed by atoms with E-state index < -0.39 is 0 Å². The van der Waals surface area contributed by atoms with Gasteiger partial charge in [-0.05, 0) is 81.6 Å². The van der Waals surface area contributed by atoms with Gasteiger partial charge in [-0.2, -0.15) is 11.3 Å². The zero-order valence-electron chi connectivity index (χ0n) is 14.0. The van der Waals surface area contributed by atoms with Crippen molar-refractivity contribution in [2.45, 2.75) is 70.9 Å². The Morgan fingerprint density at radius 3 is 2.52 bits per heavy atom. The summed E-state index contributed by atoms with van der Waals surface area (Å²) in [6.07, 6.45) is 7.98. The van der Waals surface area contributed by atoms with E-state index in [-0.39, 0.29) is 5.54 Å². The maximum absolute atomic E-state index is 3.76. The van der Waals surface area contributed by atoms with Crippen molar-refractivity contribution in [1.29, 1.82) is 0 Å². The monoisotopic (exact) mass is 308 g/mol. The lowest BCUT2D eigenvalue weighted by molar-refractivity contribution is 0.0808. The number of likely N-dealkylation sites (N-methyl/N-ethyl adjacent to an activating group) is 1. The third-order valence-electron chi connectivity index (χ3n) is 5.03. The van der Waals surface area contributed by atoms with Gasteiger partial charge in [-0.1, -0.05) is 19.8 Å². The highest BCUT2D eigenvalue weighted by Crippen LogP contribution is 2.26. The van der Waals surface area contributed by atoms with Gasteiger partial charge in [0.2, 0.25) is 0 Å². The van der Waals surface area contributed by atoms with E-state index in [9.17, 15) is 0 Å². The summed E-state index contributed by atoms with van der Waals surface area (Å²) in [5.74, 6) is 0. The predicted octanol–water partition coefficient (Wildman–Crippen LogP) is 4.31. The van der Waals surface area contributed by atoms with Crippen molar-refractivity contribution in [2.75, 3.05) is 19.6 Å². The Kier molecular flexibility index (Phi) is 6.72. The van der Waals surface area contributed by atoms with Crippen LogP contribution in [0.5, 0.6) is 0 Å². The largest absolute Gasteiger partial charge is 0.312 e. The van der Waals surface area contributed by atoms with Gasteiger partial charge >= 0.3 is 0 Å². The molecule has 2 rings (SSSR count). The Hall–Kier alpha value is -0.380. The summed E-state index contributed by atoms with van der Waals surface area (Å²) < 4.78 is 0. The van der Waals surface area contributed by atoms with E-state index in [1.54, 1.807) is 0 Å². The Balaban J connectivity index is 1.99. The van der Waals surface area contributed by atoms with Crippen LogP contribution in [0.4, 0.5) is 0 Å². The highest BCUT2D eigenvalue weighted by Gasteiger charge is 2.34. The average molecular weight is 309 g/mol. The summed E-state index contributed by atoms with van der Waals surface area (Å²) in [4.78, 5) is 2.74. The molecule has 0 spiro atoms. The maximum atomic E-state index is 3.76. The van der Waals surface area contributed by atoms with Crippen LogP contribution in [0.2, 0.25) is 0 Å². The summed E-state index contributed by atoms with van der Waals surface area (Å²) in [7, 11) is 0. The molecule has 0 bridgehead atoms. The number of thiophene rings is 1. The maximum Gasteiger partial charge on any atom is 0.0306 e. The minimum absolute atomic E-state index is 0.246. The fraction of sp³-hybridized carbons (Fsp3) is 0.778. The molecular weight excluding hydrogens is 276 g/mol. The highest BCUT2D eigenvalue weighted by molar-refractivity contribution is 7.07. The molecule has 3 heteroatoms. The molecule has 1 unspecified atom stereocenters. The van der Waals surface area contributed by atoms with Gasteiger partial charge in [0.15, 0.2) is 0 Å². The van der Waals surface area contributed by atoms with E-state index in [1.807, 2.05) is 11.3 Å². The number of hydrogen-bond donors (Lipinski definition) is 1. The second-order valence-corrected chi connectivity index (χ2v) is 7.62. The molecule has 1 aromatic heterocycles. The average Bonchev–Trinajstić information content (AvgIpc) is 2.82. The molecule has 1 saturated heterocycles. The van der Waals surface area contributed by atoms with Gasteiger partial charge in [0.25, 0.3) is 0 Å². The highest BCUT2D eigenvalue weighted by atomic mass is 32.1. The molecule has 0 aromatic carbocycles. The van der Waals surface area contributed by atoms with Crippen LogP contribution in [0.25, 0.3) is 0 Å². The molecule has 21 heavy (non-hydrogen) atoms. The van der Waals surface area contributed by atoms with Gasteiger partial charge in [0, 0.05) is 11.6 Å². The van der Waals surface area contributed by atoms with Crippen LogP contribution >= 0.6 is 11.3 Å². The lowest BCUT2D eigenvalue weighted by atomic mass is 9.87. The first kappa shape index (κ1) is 17.0. The molecule has 120 valence electrons. The first-order valence-corrected chi connectivity index (χ1v) is 9.58. The molecule has 1 atom stereocenters. The molecular formula is C18H32N2S. The number of hydrogen-bond acceptors (Lipinski definition) is 3. The van der Waals surface area contributed by atoms with Crippen molar-refractivity contribution in [1.82, 2.24) is 10.2 Å². The molecule has 0 amide bonds. The van der Waals surface area contributed by atoms with Crippen LogP contribution in [0.3, 0.4) is 0 Å². The molecule has 1 fully saturated rings. The van der Waals surface area contributed by atoms with E-state index in [0.29, 0.717) is 6.04 Å². The molecule has 0 aliphatic carbocycles. The smallest absolute Gasteiger partial charge is 0.0306 e. The van der Waals surface area contributed by atoms with E-state index in [4.69, 9.17) is 0 Å². The van der Waals surface area contributed by atoms with Crippen molar-refractivity contribution in [3.63, 3.8) is 0 Å². The molecule has 2 heterocycles. The Morgan fingerprint density at radius 1 is 1.24 bits per heavy atom. The topological polar surface area (TPSA) is 15.3 Å². The van der Waals surface area contributed by atoms with Crippen LogP contribution in [-0.2, 0) is 6.42 Å². The lowest BCUT2D eigenvalue weighted by Crippen LogP contribution is -2.58. The summed E-state index contributed by atoms with van der Waals surface area (Å²) in [6.45, 7) is 10.7. The lowest BCUT2D eigenvalue weighted by Gasteiger charge is -2.44. The number of rotatable bonds is 7. The molecule has 1 N–H and O–H groups in total. The molecule has 0 radical (unpaired) electrons. The number of aryl methyl sites for hydroxylation is 1. The van der Waals surface area contributed by atoms with Crippen LogP contribution in [0.15, 0.2) is 16.8 Å². The van der Waals surface area contributed by atoms with E-state index in [1.165, 1.54) is 57.2 Å². The van der Waals surface area contributed by atoms with Crippen molar-refractivity contribution in [3.8, 4) is 0 Å². The Labute approximate surface area is 134 Å². The first-order chi connectivity index (χ1) is 10.1. The minimum Gasteiger partial charge on any atom is -0.312 e. The molecule has 1 aromatic rings. The second-order valence-electron chi connectivity index (χ2n) is 6.84. The van der Waals surface area contributed by atoms with Crippen molar-refractivity contribution in [3.05, 3.63) is 22.4 Å². The van der Waals surface area contributed by atoms with E-state index in [0.717, 1.165) is 6.54 Å². The molecule has 0 saturated carbocycles. The molecule has 2 nitrogen and oxygen atoms in total. The van der Waals surface area contributed by atoms with Gasteiger partial charge in [0.1, 0.15) is 0 Å². The number of nitrogens with one attached hydrogen (secondary N) is 1. The fourth-order valence-electron chi connectivity index (χ4n) is 3.56. The number of likely N-dealkylation sites (tertiary alicyclic amines) is 1. The van der Waals surface area contributed by atoms with Crippen LogP contribution in [0.1, 0.15) is 58.4 Å². The summed E-state index contributed by atoms with van der Waals surface area (Å²) in [6, 6.07) is 2.84. The Morgan fingerprint density at radius 2 is 1.95 bits per heavy atom. The van der Waals surface area contributed by atoms with E-state index in [2.05, 4.69) is 47.8 Å². The van der Waals surface area contributed by atoms with Crippen molar-refractivity contribution < 1.29 is 0 Å². The standard InChI is InChI=1S/C18H32N2S/c1-4-19-17(10-9-16-11-14-21-15-16)18(2,3)20-12-7-5-6-8-13-20/h11,14-15,17,19H,4-10,12-13H2,1-3H3. The Bertz CT molecular complexity index is 378.